The second kappa shape index (κ2) is 6.27. The summed E-state index contributed by atoms with van der Waals surface area (Å²) in [4.78, 5) is 22.1. The van der Waals surface area contributed by atoms with E-state index in [2.05, 4.69) is 15.4 Å². The molecule has 1 aromatic rings. The number of esters is 1. The van der Waals surface area contributed by atoms with Gasteiger partial charge in [0, 0.05) is 19.0 Å². The van der Waals surface area contributed by atoms with E-state index in [4.69, 9.17) is 4.74 Å². The quantitative estimate of drug-likeness (QED) is 0.821. The molecule has 1 amide bonds. The van der Waals surface area contributed by atoms with Crippen molar-refractivity contribution < 1.29 is 19.1 Å². The van der Waals surface area contributed by atoms with Gasteiger partial charge in [0.2, 0.25) is 5.91 Å². The van der Waals surface area contributed by atoms with E-state index >= 15 is 0 Å². The predicted octanol–water partition coefficient (Wildman–Crippen LogP) is 1.77. The smallest absolute Gasteiger partial charge is 0.305 e. The normalized spacial score (nSPS) is 16.4. The van der Waals surface area contributed by atoms with Gasteiger partial charge in [-0.15, -0.1) is 0 Å². The molecular weight excluding hydrogens is 260 g/mol. The minimum absolute atomic E-state index is 0.0618. The largest absolute Gasteiger partial charge is 0.486 e. The van der Waals surface area contributed by atoms with Gasteiger partial charge in [-0.25, -0.2) is 0 Å². The summed E-state index contributed by atoms with van der Waals surface area (Å²) < 4.78 is 10.4. The van der Waals surface area contributed by atoms with Crippen LogP contribution in [0, 0.1) is 0 Å². The Morgan fingerprint density at radius 3 is 3.00 bits per heavy atom. The molecule has 1 aromatic carbocycles. The van der Waals surface area contributed by atoms with Gasteiger partial charge in [0.15, 0.2) is 0 Å². The van der Waals surface area contributed by atoms with E-state index in [0.717, 1.165) is 17.1 Å². The van der Waals surface area contributed by atoms with Gasteiger partial charge in [0.05, 0.1) is 19.3 Å². The monoisotopic (exact) mass is 278 g/mol. The third kappa shape index (κ3) is 3.63. The van der Waals surface area contributed by atoms with E-state index in [1.54, 1.807) is 12.1 Å². The molecule has 6 heteroatoms. The van der Waals surface area contributed by atoms with Crippen LogP contribution in [0.15, 0.2) is 18.2 Å². The first kappa shape index (κ1) is 14.2. The lowest BCUT2D eigenvalue weighted by Gasteiger charge is -2.27. The first-order valence-corrected chi connectivity index (χ1v) is 6.47. The second-order valence-electron chi connectivity index (χ2n) is 4.63. The molecule has 6 nitrogen and oxygen atoms in total. The molecule has 0 radical (unpaired) electrons. The Morgan fingerprint density at radius 2 is 2.30 bits per heavy atom. The Bertz CT molecular complexity index is 516. The number of fused-ring (bicyclic) bond motifs is 1. The van der Waals surface area contributed by atoms with Gasteiger partial charge < -0.3 is 20.1 Å². The van der Waals surface area contributed by atoms with Crippen LogP contribution in [0.5, 0.6) is 5.75 Å². The number of carbonyl (C=O) groups is 2. The van der Waals surface area contributed by atoms with E-state index in [1.165, 1.54) is 14.0 Å². The molecule has 1 heterocycles. The lowest BCUT2D eigenvalue weighted by Crippen LogP contribution is -2.31. The third-order valence-corrected chi connectivity index (χ3v) is 3.01. The molecule has 0 aliphatic carbocycles. The molecule has 2 N–H and O–H groups in total. The molecule has 20 heavy (non-hydrogen) atoms. The summed E-state index contributed by atoms with van der Waals surface area (Å²) >= 11 is 0. The zero-order valence-electron chi connectivity index (χ0n) is 11.6. The Hall–Kier alpha value is -2.24. The topological polar surface area (TPSA) is 76.7 Å². The van der Waals surface area contributed by atoms with Gasteiger partial charge >= 0.3 is 5.97 Å². The third-order valence-electron chi connectivity index (χ3n) is 3.01. The Morgan fingerprint density at radius 1 is 1.50 bits per heavy atom. The summed E-state index contributed by atoms with van der Waals surface area (Å²) in [5, 5.41) is 5.96. The average Bonchev–Trinajstić information content (AvgIpc) is 2.44. The zero-order valence-corrected chi connectivity index (χ0v) is 11.6. The molecule has 1 aliphatic heterocycles. The fraction of sp³-hybridized carbons (Fsp3) is 0.429. The number of ether oxygens (including phenoxy) is 2. The van der Waals surface area contributed by atoms with Gasteiger partial charge in [0.25, 0.3) is 0 Å². The zero-order chi connectivity index (χ0) is 14.5. The number of hydrogen-bond donors (Lipinski definition) is 2. The van der Waals surface area contributed by atoms with E-state index in [9.17, 15) is 9.59 Å². The number of amides is 1. The maximum absolute atomic E-state index is 11.1. The molecule has 2 rings (SSSR count). The maximum atomic E-state index is 11.1. The maximum Gasteiger partial charge on any atom is 0.305 e. The van der Waals surface area contributed by atoms with E-state index in [-0.39, 0.29) is 18.0 Å². The van der Waals surface area contributed by atoms with Crippen LogP contribution < -0.4 is 15.4 Å². The van der Waals surface area contributed by atoms with Gasteiger partial charge in [-0.1, -0.05) is 0 Å². The molecule has 108 valence electrons. The molecule has 0 saturated heterocycles. The summed E-state index contributed by atoms with van der Waals surface area (Å²) in [7, 11) is 1.38. The van der Waals surface area contributed by atoms with Crippen LogP contribution in [-0.4, -0.2) is 31.6 Å². The number of methoxy groups -OCH3 is 1. The number of rotatable bonds is 4. The van der Waals surface area contributed by atoms with Crippen molar-refractivity contribution in [1.82, 2.24) is 0 Å². The number of anilines is 2. The number of carbonyl (C=O) groups excluding carboxylic acids is 2. The highest BCUT2D eigenvalue weighted by Crippen LogP contribution is 2.32. The highest BCUT2D eigenvalue weighted by atomic mass is 16.5. The molecule has 0 aromatic heterocycles. The van der Waals surface area contributed by atoms with Gasteiger partial charge in [-0.05, 0) is 24.6 Å². The summed E-state index contributed by atoms with van der Waals surface area (Å²) in [6.07, 6.45) is 0.877. The molecule has 1 atom stereocenters. The van der Waals surface area contributed by atoms with Crippen LogP contribution in [0.3, 0.4) is 0 Å². The highest BCUT2D eigenvalue weighted by molar-refractivity contribution is 5.89. The van der Waals surface area contributed by atoms with Crippen molar-refractivity contribution in [2.75, 3.05) is 24.3 Å². The van der Waals surface area contributed by atoms with Crippen LogP contribution in [0.25, 0.3) is 0 Å². The molecule has 0 fully saturated rings. The minimum atomic E-state index is -0.236. The number of nitrogens with one attached hydrogen (secondary N) is 2. The average molecular weight is 278 g/mol. The van der Waals surface area contributed by atoms with Crippen LogP contribution in [0.4, 0.5) is 11.4 Å². The highest BCUT2D eigenvalue weighted by Gasteiger charge is 2.20. The summed E-state index contributed by atoms with van der Waals surface area (Å²) in [5.41, 5.74) is 1.56. The summed E-state index contributed by atoms with van der Waals surface area (Å²) in [5.74, 6) is 0.373. The van der Waals surface area contributed by atoms with Crippen molar-refractivity contribution in [3.8, 4) is 5.75 Å². The van der Waals surface area contributed by atoms with Crippen LogP contribution in [0.1, 0.15) is 19.8 Å². The number of hydrogen-bond acceptors (Lipinski definition) is 5. The van der Waals surface area contributed by atoms with Crippen molar-refractivity contribution in [1.29, 1.82) is 0 Å². The fourth-order valence-corrected chi connectivity index (χ4v) is 2.04. The van der Waals surface area contributed by atoms with Crippen molar-refractivity contribution in [3.05, 3.63) is 18.2 Å². The van der Waals surface area contributed by atoms with Crippen LogP contribution in [0.2, 0.25) is 0 Å². The van der Waals surface area contributed by atoms with Crippen LogP contribution in [-0.2, 0) is 14.3 Å². The van der Waals surface area contributed by atoms with Crippen molar-refractivity contribution in [2.45, 2.75) is 25.9 Å². The van der Waals surface area contributed by atoms with Crippen LogP contribution >= 0.6 is 0 Å². The van der Waals surface area contributed by atoms with Gasteiger partial charge in [-0.3, -0.25) is 9.59 Å². The molecule has 0 saturated carbocycles. The first-order chi connectivity index (χ1) is 9.58. The molecule has 1 aliphatic rings. The van der Waals surface area contributed by atoms with Gasteiger partial charge in [-0.2, -0.15) is 0 Å². The fourth-order valence-electron chi connectivity index (χ4n) is 2.04. The van der Waals surface area contributed by atoms with Crippen molar-refractivity contribution in [3.63, 3.8) is 0 Å². The van der Waals surface area contributed by atoms with Crippen molar-refractivity contribution in [2.24, 2.45) is 0 Å². The lowest BCUT2D eigenvalue weighted by atomic mass is 10.1. The minimum Gasteiger partial charge on any atom is -0.486 e. The lowest BCUT2D eigenvalue weighted by molar-refractivity contribution is -0.141. The molecule has 0 spiro atoms. The van der Waals surface area contributed by atoms with E-state index in [0.29, 0.717) is 19.4 Å². The summed E-state index contributed by atoms with van der Waals surface area (Å²) in [6, 6.07) is 5.41. The predicted molar refractivity (Wildman–Crippen MR) is 74.9 cm³/mol. The van der Waals surface area contributed by atoms with Crippen molar-refractivity contribution >= 4 is 23.3 Å². The SMILES string of the molecule is COC(=O)CCC1CNc2cc(NC(C)=O)ccc2O1. The second-order valence-corrected chi connectivity index (χ2v) is 4.63. The standard InChI is InChI=1S/C14H18N2O4/c1-9(17)16-10-3-5-13-12(7-10)15-8-11(20-13)4-6-14(18)19-2/h3,5,7,11,15H,4,6,8H2,1-2H3,(H,16,17). The first-order valence-electron chi connectivity index (χ1n) is 6.47. The Balaban J connectivity index is 1.97. The van der Waals surface area contributed by atoms with E-state index in [1.807, 2.05) is 6.07 Å². The van der Waals surface area contributed by atoms with Gasteiger partial charge in [0.1, 0.15) is 11.9 Å². The molecule has 0 bridgehead atoms. The number of benzene rings is 1. The Kier molecular flexibility index (Phi) is 4.45. The Labute approximate surface area is 117 Å². The summed E-state index contributed by atoms with van der Waals surface area (Å²) in [6.45, 7) is 2.08. The molecule has 1 unspecified atom stereocenters. The van der Waals surface area contributed by atoms with E-state index < -0.39 is 0 Å². The molecular formula is C14H18N2O4.